The number of allylic oxidation sites excluding steroid dienone is 5. The standard InChI is InChI=1S/C25H41BrN4O2/c1-9-20(19(3)28(7)8)17-21-22(11-10-18(2)16-23(26)27-21)29-12-14-30(15-13-29)24(31)32-25(4,5)6/h11,16,18H,9-10,12-15,17H2,1-8H3/b20-19?,22-11-,23-16-,27-21-. The van der Waals surface area contributed by atoms with E-state index in [-0.39, 0.29) is 6.09 Å². The van der Waals surface area contributed by atoms with Gasteiger partial charge in [0.1, 0.15) is 10.2 Å². The SMILES string of the molecule is CCC(CC1=N/C(Br)=C\C(C)C\C=C\1N1CCN(C(=O)OC(C)(C)C)CC1)=C(C)N(C)C. The number of hydrogen-bond acceptors (Lipinski definition) is 5. The zero-order valence-corrected chi connectivity index (χ0v) is 22.8. The van der Waals surface area contributed by atoms with Crippen LogP contribution in [0.4, 0.5) is 4.79 Å². The minimum atomic E-state index is -0.474. The van der Waals surface area contributed by atoms with Gasteiger partial charge in [0.05, 0.1) is 11.4 Å². The van der Waals surface area contributed by atoms with Gasteiger partial charge in [-0.3, -0.25) is 0 Å². The Labute approximate surface area is 203 Å². The Hall–Kier alpha value is -1.76. The van der Waals surface area contributed by atoms with E-state index in [9.17, 15) is 4.79 Å². The van der Waals surface area contributed by atoms with Crippen molar-refractivity contribution in [1.29, 1.82) is 0 Å². The highest BCUT2D eigenvalue weighted by Gasteiger charge is 2.28. The third-order valence-corrected chi connectivity index (χ3v) is 6.35. The first-order valence-electron chi connectivity index (χ1n) is 11.7. The molecule has 0 aromatic heterocycles. The zero-order valence-electron chi connectivity index (χ0n) is 21.2. The van der Waals surface area contributed by atoms with E-state index < -0.39 is 5.60 Å². The second kappa shape index (κ2) is 11.4. The summed E-state index contributed by atoms with van der Waals surface area (Å²) >= 11 is 3.67. The molecule has 2 aliphatic heterocycles. The molecule has 0 bridgehead atoms. The quantitative estimate of drug-likeness (QED) is 0.441. The molecular weight excluding hydrogens is 468 g/mol. The van der Waals surface area contributed by atoms with Crippen molar-refractivity contribution in [3.63, 3.8) is 0 Å². The predicted octanol–water partition coefficient (Wildman–Crippen LogP) is 5.78. The van der Waals surface area contributed by atoms with Gasteiger partial charge in [-0.25, -0.2) is 9.79 Å². The summed E-state index contributed by atoms with van der Waals surface area (Å²) in [6.45, 7) is 15.2. The molecule has 0 aliphatic carbocycles. The minimum Gasteiger partial charge on any atom is -0.444 e. The third-order valence-electron chi connectivity index (χ3n) is 5.90. The molecule has 1 saturated heterocycles. The summed E-state index contributed by atoms with van der Waals surface area (Å²) in [5.41, 5.74) is 4.49. The highest BCUT2D eigenvalue weighted by atomic mass is 79.9. The highest BCUT2D eigenvalue weighted by Crippen LogP contribution is 2.27. The Balaban J connectivity index is 2.26. The number of nitrogens with zero attached hydrogens (tertiary/aromatic N) is 4. The van der Waals surface area contributed by atoms with Crippen LogP contribution in [0.5, 0.6) is 0 Å². The van der Waals surface area contributed by atoms with Crippen molar-refractivity contribution in [3.05, 3.63) is 33.7 Å². The average Bonchev–Trinajstić information content (AvgIpc) is 2.69. The fourth-order valence-corrected chi connectivity index (χ4v) is 4.53. The van der Waals surface area contributed by atoms with E-state index >= 15 is 0 Å². The van der Waals surface area contributed by atoms with Crippen LogP contribution in [0, 0.1) is 5.92 Å². The van der Waals surface area contributed by atoms with Gasteiger partial charge in [-0.2, -0.15) is 0 Å². The van der Waals surface area contributed by atoms with Crippen LogP contribution in [-0.2, 0) is 4.74 Å². The molecule has 1 unspecified atom stereocenters. The molecule has 0 spiro atoms. The highest BCUT2D eigenvalue weighted by molar-refractivity contribution is 9.11. The average molecular weight is 510 g/mol. The van der Waals surface area contributed by atoms with E-state index in [0.717, 1.165) is 42.7 Å². The Morgan fingerprint density at radius 2 is 1.88 bits per heavy atom. The van der Waals surface area contributed by atoms with Gasteiger partial charge in [0.15, 0.2) is 0 Å². The number of halogens is 1. The molecule has 6 nitrogen and oxygen atoms in total. The second-order valence-corrected chi connectivity index (χ2v) is 10.7. The topological polar surface area (TPSA) is 48.4 Å². The Kier molecular flexibility index (Phi) is 9.43. The van der Waals surface area contributed by atoms with Gasteiger partial charge in [0.25, 0.3) is 0 Å². The molecule has 180 valence electrons. The summed E-state index contributed by atoms with van der Waals surface area (Å²) in [5.74, 6) is 0.414. The number of hydrogen-bond donors (Lipinski definition) is 0. The lowest BCUT2D eigenvalue weighted by Crippen LogP contribution is -2.50. The molecule has 2 rings (SSSR count). The molecule has 1 amide bonds. The fraction of sp³-hybridized carbons (Fsp3) is 0.680. The predicted molar refractivity (Wildman–Crippen MR) is 137 cm³/mol. The lowest BCUT2D eigenvalue weighted by Gasteiger charge is -2.38. The van der Waals surface area contributed by atoms with E-state index in [2.05, 4.69) is 72.7 Å². The molecule has 2 heterocycles. The van der Waals surface area contributed by atoms with Crippen molar-refractivity contribution < 1.29 is 9.53 Å². The summed E-state index contributed by atoms with van der Waals surface area (Å²) < 4.78 is 6.46. The van der Waals surface area contributed by atoms with E-state index in [1.807, 2.05) is 25.7 Å². The summed E-state index contributed by atoms with van der Waals surface area (Å²) in [4.78, 5) is 23.9. The molecule has 0 N–H and O–H groups in total. The van der Waals surface area contributed by atoms with Crippen LogP contribution >= 0.6 is 15.9 Å². The molecule has 32 heavy (non-hydrogen) atoms. The summed E-state index contributed by atoms with van der Waals surface area (Å²) in [5, 5.41) is 0. The monoisotopic (exact) mass is 508 g/mol. The van der Waals surface area contributed by atoms with Crippen LogP contribution in [0.2, 0.25) is 0 Å². The van der Waals surface area contributed by atoms with Crippen LogP contribution in [0.25, 0.3) is 0 Å². The summed E-state index contributed by atoms with van der Waals surface area (Å²) in [7, 11) is 4.18. The number of carbonyl (C=O) groups is 1. The minimum absolute atomic E-state index is 0.227. The maximum Gasteiger partial charge on any atom is 0.410 e. The fourth-order valence-electron chi connectivity index (χ4n) is 3.87. The van der Waals surface area contributed by atoms with E-state index in [0.29, 0.717) is 19.0 Å². The molecule has 0 radical (unpaired) electrons. The Morgan fingerprint density at radius 1 is 1.25 bits per heavy atom. The van der Waals surface area contributed by atoms with Crippen molar-refractivity contribution in [3.8, 4) is 0 Å². The van der Waals surface area contributed by atoms with Crippen molar-refractivity contribution in [2.45, 2.75) is 66.4 Å². The smallest absolute Gasteiger partial charge is 0.410 e. The molecule has 0 saturated carbocycles. The maximum atomic E-state index is 12.5. The van der Waals surface area contributed by atoms with Gasteiger partial charge in [-0.1, -0.05) is 19.9 Å². The third kappa shape index (κ3) is 7.68. The maximum absolute atomic E-state index is 12.5. The second-order valence-electron chi connectivity index (χ2n) is 9.92. The van der Waals surface area contributed by atoms with Gasteiger partial charge in [0, 0.05) is 52.4 Å². The van der Waals surface area contributed by atoms with Crippen LogP contribution in [-0.4, -0.2) is 72.4 Å². The largest absolute Gasteiger partial charge is 0.444 e. The van der Waals surface area contributed by atoms with Gasteiger partial charge >= 0.3 is 6.09 Å². The first-order valence-corrected chi connectivity index (χ1v) is 12.4. The Morgan fingerprint density at radius 3 is 2.41 bits per heavy atom. The summed E-state index contributed by atoms with van der Waals surface area (Å²) in [6, 6.07) is 0. The molecule has 0 aromatic carbocycles. The van der Waals surface area contributed by atoms with Crippen molar-refractivity contribution in [2.24, 2.45) is 10.9 Å². The van der Waals surface area contributed by atoms with Crippen molar-refractivity contribution >= 4 is 27.7 Å². The van der Waals surface area contributed by atoms with E-state index in [4.69, 9.17) is 9.73 Å². The van der Waals surface area contributed by atoms with Gasteiger partial charge < -0.3 is 19.4 Å². The molecule has 1 atom stereocenters. The number of aliphatic imine (C=N–C) groups is 1. The lowest BCUT2D eigenvalue weighted by atomic mass is 9.98. The molecule has 2 aliphatic rings. The lowest BCUT2D eigenvalue weighted by molar-refractivity contribution is 0.0172. The number of piperazine rings is 1. The van der Waals surface area contributed by atoms with Crippen molar-refractivity contribution in [2.75, 3.05) is 40.3 Å². The van der Waals surface area contributed by atoms with Crippen LogP contribution in [0.15, 0.2) is 38.7 Å². The number of amides is 1. The molecular formula is C25H41BrN4O2. The van der Waals surface area contributed by atoms with Gasteiger partial charge in [-0.05, 0) is 74.0 Å². The molecule has 1 fully saturated rings. The molecule has 0 aromatic rings. The number of ether oxygens (including phenoxy) is 1. The van der Waals surface area contributed by atoms with E-state index in [1.165, 1.54) is 17.0 Å². The number of rotatable bonds is 5. The van der Waals surface area contributed by atoms with Crippen LogP contribution < -0.4 is 0 Å². The Bertz CT molecular complexity index is 797. The van der Waals surface area contributed by atoms with E-state index in [1.54, 1.807) is 0 Å². The normalized spacial score (nSPS) is 25.9. The zero-order chi connectivity index (χ0) is 24.1. The first kappa shape index (κ1) is 26.5. The summed E-state index contributed by atoms with van der Waals surface area (Å²) in [6.07, 6.45) is 7.06. The van der Waals surface area contributed by atoms with Crippen LogP contribution in [0.1, 0.15) is 60.8 Å². The van der Waals surface area contributed by atoms with Gasteiger partial charge in [0.2, 0.25) is 0 Å². The van der Waals surface area contributed by atoms with Crippen LogP contribution in [0.3, 0.4) is 0 Å². The van der Waals surface area contributed by atoms with Crippen molar-refractivity contribution in [1.82, 2.24) is 14.7 Å². The first-order chi connectivity index (χ1) is 14.9. The molecule has 7 heteroatoms. The number of carbonyl (C=O) groups excluding carboxylic acids is 1. The van der Waals surface area contributed by atoms with Gasteiger partial charge in [-0.15, -0.1) is 0 Å².